The van der Waals surface area contributed by atoms with Gasteiger partial charge in [-0.1, -0.05) is 60.7 Å². The maximum Gasteiger partial charge on any atom is 0.258 e. The fraction of sp³-hybridized carbons (Fsp3) is 0.138. The smallest absolute Gasteiger partial charge is 0.258 e. The summed E-state index contributed by atoms with van der Waals surface area (Å²) in [6.07, 6.45) is 2.59. The van der Waals surface area contributed by atoms with E-state index in [2.05, 4.69) is 15.6 Å². The van der Waals surface area contributed by atoms with Crippen LogP contribution in [0, 0.1) is 0 Å². The molecule has 6 nitrogen and oxygen atoms in total. The van der Waals surface area contributed by atoms with Gasteiger partial charge in [0, 0.05) is 35.4 Å². The quantitative estimate of drug-likeness (QED) is 0.256. The topological polar surface area (TPSA) is 80.3 Å². The highest BCUT2D eigenvalue weighted by Crippen LogP contribution is 2.36. The van der Waals surface area contributed by atoms with Crippen molar-refractivity contribution in [1.82, 2.24) is 10.3 Å². The number of carbonyl (C=O) groups excluding carboxylic acids is 2. The zero-order chi connectivity index (χ0) is 24.9. The first-order valence-electron chi connectivity index (χ1n) is 11.7. The molecule has 1 aliphatic heterocycles. The Labute approximate surface area is 213 Å². The van der Waals surface area contributed by atoms with Crippen molar-refractivity contribution < 1.29 is 14.3 Å². The number of nitrogens with zero attached hydrogens (tertiary/aromatic N) is 1. The number of hydrogen-bond donors (Lipinski definition) is 2. The first-order valence-corrected chi connectivity index (χ1v) is 12.6. The molecule has 1 unspecified atom stereocenters. The van der Waals surface area contributed by atoms with Crippen molar-refractivity contribution in [1.29, 1.82) is 0 Å². The summed E-state index contributed by atoms with van der Waals surface area (Å²) in [5.41, 5.74) is 4.91. The molecule has 3 aromatic carbocycles. The third-order valence-corrected chi connectivity index (χ3v) is 6.64. The summed E-state index contributed by atoms with van der Waals surface area (Å²) in [4.78, 5) is 29.6. The van der Waals surface area contributed by atoms with E-state index in [4.69, 9.17) is 4.74 Å². The van der Waals surface area contributed by atoms with Crippen LogP contribution in [0.5, 0.6) is 5.75 Å². The monoisotopic (exact) mass is 495 g/mol. The van der Waals surface area contributed by atoms with Crippen LogP contribution in [0.15, 0.2) is 84.2 Å². The lowest BCUT2D eigenvalue weighted by Crippen LogP contribution is -2.30. The van der Waals surface area contributed by atoms with E-state index in [9.17, 15) is 9.59 Å². The number of nitrogens with one attached hydrogen (secondary N) is 2. The molecule has 2 heterocycles. The van der Waals surface area contributed by atoms with Crippen molar-refractivity contribution in [3.05, 3.63) is 101 Å². The van der Waals surface area contributed by atoms with Gasteiger partial charge in [-0.15, -0.1) is 11.3 Å². The Balaban J connectivity index is 1.39. The predicted molar refractivity (Wildman–Crippen MR) is 144 cm³/mol. The van der Waals surface area contributed by atoms with Crippen LogP contribution in [-0.2, 0) is 9.59 Å². The molecule has 1 atom stereocenters. The Kier molecular flexibility index (Phi) is 6.91. The van der Waals surface area contributed by atoms with Crippen molar-refractivity contribution >= 4 is 39.9 Å². The number of anilines is 1. The maximum absolute atomic E-state index is 13.3. The molecule has 0 saturated carbocycles. The fourth-order valence-corrected chi connectivity index (χ4v) is 4.91. The van der Waals surface area contributed by atoms with Crippen LogP contribution in [0.3, 0.4) is 0 Å². The predicted octanol–water partition coefficient (Wildman–Crippen LogP) is 5.95. The largest absolute Gasteiger partial charge is 0.493 e. The van der Waals surface area contributed by atoms with E-state index in [0.717, 1.165) is 33.7 Å². The van der Waals surface area contributed by atoms with E-state index in [1.807, 2.05) is 90.3 Å². The Morgan fingerprint density at radius 1 is 1.03 bits per heavy atom. The highest BCUT2D eigenvalue weighted by molar-refractivity contribution is 7.14. The average Bonchev–Trinajstić information content (AvgIpc) is 3.36. The van der Waals surface area contributed by atoms with Gasteiger partial charge in [-0.2, -0.15) is 0 Å². The van der Waals surface area contributed by atoms with Crippen LogP contribution < -0.4 is 15.4 Å². The number of carbonyl (C=O) groups is 2. The Bertz CT molecular complexity index is 1410. The van der Waals surface area contributed by atoms with E-state index in [1.165, 1.54) is 18.3 Å². The van der Waals surface area contributed by atoms with Gasteiger partial charge in [-0.05, 0) is 35.4 Å². The summed E-state index contributed by atoms with van der Waals surface area (Å²) in [5, 5.41) is 8.39. The molecule has 0 bridgehead atoms. The molecule has 1 aromatic heterocycles. The molecule has 0 aliphatic carbocycles. The number of fused-ring (bicyclic) bond motifs is 1. The van der Waals surface area contributed by atoms with Crippen LogP contribution in [-0.4, -0.2) is 23.4 Å². The maximum atomic E-state index is 13.3. The second-order valence-corrected chi connectivity index (χ2v) is 9.33. The van der Waals surface area contributed by atoms with Crippen molar-refractivity contribution in [2.45, 2.75) is 19.4 Å². The summed E-state index contributed by atoms with van der Waals surface area (Å²) in [7, 11) is 0. The number of hydrogen-bond acceptors (Lipinski definition) is 5. The van der Waals surface area contributed by atoms with Gasteiger partial charge < -0.3 is 10.1 Å². The fourth-order valence-electron chi connectivity index (χ4n) is 4.19. The van der Waals surface area contributed by atoms with Crippen LogP contribution in [0.1, 0.15) is 36.1 Å². The van der Waals surface area contributed by atoms with Crippen LogP contribution >= 0.6 is 11.3 Å². The normalized spacial score (nSPS) is 14.9. The van der Waals surface area contributed by atoms with Gasteiger partial charge in [0.05, 0.1) is 18.3 Å². The summed E-state index contributed by atoms with van der Waals surface area (Å²) in [5.74, 6) is 0.469. The molecule has 1 aliphatic rings. The van der Waals surface area contributed by atoms with E-state index < -0.39 is 0 Å². The molecule has 180 valence electrons. The van der Waals surface area contributed by atoms with Gasteiger partial charge in [-0.3, -0.25) is 14.9 Å². The van der Waals surface area contributed by atoms with Crippen molar-refractivity contribution in [2.75, 3.05) is 11.9 Å². The summed E-state index contributed by atoms with van der Waals surface area (Å²) in [6, 6.07) is 25.1. The molecule has 36 heavy (non-hydrogen) atoms. The number of thiazole rings is 1. The second kappa shape index (κ2) is 10.6. The molecule has 4 aromatic rings. The minimum atomic E-state index is -0.226. The van der Waals surface area contributed by atoms with Gasteiger partial charge in [0.2, 0.25) is 5.91 Å². The van der Waals surface area contributed by atoms with Gasteiger partial charge in [0.1, 0.15) is 5.75 Å². The standard InChI is InChI=1S/C29H25N3O3S/c1-19(33)30-25-14-15-35-27-13-12-22(17-24(25)27)26-18-36-29(31-26)32-28(34)23(21-10-6-3-7-11-21)16-20-8-4-2-5-9-20/h2-13,16-18,25H,14-15H2,1H3,(H,30,33)(H,31,32,34)/b23-16-. The van der Waals surface area contributed by atoms with Crippen molar-refractivity contribution in [3.63, 3.8) is 0 Å². The molecule has 0 radical (unpaired) electrons. The first kappa shape index (κ1) is 23.5. The van der Waals surface area contributed by atoms with Crippen molar-refractivity contribution in [2.24, 2.45) is 0 Å². The Morgan fingerprint density at radius 2 is 1.78 bits per heavy atom. The van der Waals surface area contributed by atoms with Crippen molar-refractivity contribution in [3.8, 4) is 17.0 Å². The average molecular weight is 496 g/mol. The number of benzene rings is 3. The first-order chi connectivity index (χ1) is 17.6. The van der Waals surface area contributed by atoms with E-state index in [-0.39, 0.29) is 17.9 Å². The molecular formula is C29H25N3O3S. The van der Waals surface area contributed by atoms with Gasteiger partial charge >= 0.3 is 0 Å². The molecule has 0 saturated heterocycles. The molecule has 0 spiro atoms. The highest BCUT2D eigenvalue weighted by Gasteiger charge is 2.23. The molecule has 2 amide bonds. The molecular weight excluding hydrogens is 470 g/mol. The number of ether oxygens (including phenoxy) is 1. The third-order valence-electron chi connectivity index (χ3n) is 5.89. The third kappa shape index (κ3) is 5.37. The Hall–Kier alpha value is -4.23. The van der Waals surface area contributed by atoms with Crippen LogP contribution in [0.25, 0.3) is 22.9 Å². The second-order valence-electron chi connectivity index (χ2n) is 8.47. The van der Waals surface area contributed by atoms with Gasteiger partial charge in [-0.25, -0.2) is 4.98 Å². The number of amides is 2. The minimum Gasteiger partial charge on any atom is -0.493 e. The lowest BCUT2D eigenvalue weighted by Gasteiger charge is -2.26. The zero-order valence-corrected chi connectivity index (χ0v) is 20.5. The lowest BCUT2D eigenvalue weighted by atomic mass is 9.97. The summed E-state index contributed by atoms with van der Waals surface area (Å²) < 4.78 is 5.77. The molecule has 5 rings (SSSR count). The van der Waals surface area contributed by atoms with Gasteiger partial charge in [0.25, 0.3) is 5.91 Å². The molecule has 0 fully saturated rings. The summed E-state index contributed by atoms with van der Waals surface area (Å²) in [6.45, 7) is 2.08. The van der Waals surface area contributed by atoms with Crippen LogP contribution in [0.2, 0.25) is 0 Å². The zero-order valence-electron chi connectivity index (χ0n) is 19.7. The number of rotatable bonds is 6. The summed E-state index contributed by atoms with van der Waals surface area (Å²) >= 11 is 1.37. The van der Waals surface area contributed by atoms with Crippen LogP contribution in [0.4, 0.5) is 5.13 Å². The highest BCUT2D eigenvalue weighted by atomic mass is 32.1. The minimum absolute atomic E-state index is 0.0744. The molecule has 2 N–H and O–H groups in total. The molecule has 7 heteroatoms. The van der Waals surface area contributed by atoms with E-state index >= 15 is 0 Å². The van der Waals surface area contributed by atoms with E-state index in [0.29, 0.717) is 23.7 Å². The van der Waals surface area contributed by atoms with Gasteiger partial charge in [0.15, 0.2) is 5.13 Å². The van der Waals surface area contributed by atoms with E-state index in [1.54, 1.807) is 0 Å². The SMILES string of the molecule is CC(=O)NC1CCOc2ccc(-c3csc(NC(=O)/C(=C\c4ccccc4)c4ccccc4)n3)cc21. The Morgan fingerprint density at radius 3 is 2.53 bits per heavy atom. The number of aromatic nitrogens is 1. The lowest BCUT2D eigenvalue weighted by molar-refractivity contribution is -0.119.